The van der Waals surface area contributed by atoms with Crippen molar-refractivity contribution in [2.75, 3.05) is 32.9 Å². The fourth-order valence-electron chi connectivity index (χ4n) is 1.33. The summed E-state index contributed by atoms with van der Waals surface area (Å²) in [5.74, 6) is 0. The Morgan fingerprint density at radius 1 is 1.06 bits per heavy atom. The third-order valence-corrected chi connectivity index (χ3v) is 2.55. The maximum absolute atomic E-state index is 5.46. The van der Waals surface area contributed by atoms with Crippen LogP contribution in [0.25, 0.3) is 0 Å². The van der Waals surface area contributed by atoms with Crippen LogP contribution in [0.5, 0.6) is 0 Å². The molecule has 0 rings (SSSR count). The Labute approximate surface area is 117 Å². The zero-order valence-electron chi connectivity index (χ0n) is 12.0. The molecular formula is C13H28N2O2S. The lowest BCUT2D eigenvalue weighted by Gasteiger charge is -2.11. The van der Waals surface area contributed by atoms with Gasteiger partial charge in [-0.25, -0.2) is 0 Å². The van der Waals surface area contributed by atoms with E-state index in [1.807, 2.05) is 6.92 Å². The normalized spacial score (nSPS) is 10.7. The van der Waals surface area contributed by atoms with Gasteiger partial charge in [-0.1, -0.05) is 0 Å². The molecule has 0 aromatic heterocycles. The maximum atomic E-state index is 5.46. The van der Waals surface area contributed by atoms with Crippen molar-refractivity contribution in [1.82, 2.24) is 10.6 Å². The maximum Gasteiger partial charge on any atom is 0.166 e. The highest BCUT2D eigenvalue weighted by atomic mass is 32.1. The Morgan fingerprint density at radius 3 is 2.33 bits per heavy atom. The van der Waals surface area contributed by atoms with Gasteiger partial charge in [-0.2, -0.15) is 0 Å². The highest BCUT2D eigenvalue weighted by Gasteiger charge is 1.96. The lowest BCUT2D eigenvalue weighted by molar-refractivity contribution is 0.0762. The topological polar surface area (TPSA) is 42.5 Å². The molecule has 0 spiro atoms. The predicted octanol–water partition coefficient (Wildman–Crippen LogP) is 2.08. The summed E-state index contributed by atoms with van der Waals surface area (Å²) in [7, 11) is 0. The van der Waals surface area contributed by atoms with Crippen molar-refractivity contribution in [3.8, 4) is 0 Å². The SMILES string of the molecule is CCOCCCNC(=S)NCCCCOC(C)C. The molecule has 0 aliphatic heterocycles. The molecule has 0 aromatic carbocycles. The zero-order chi connectivity index (χ0) is 13.6. The van der Waals surface area contributed by atoms with Gasteiger partial charge >= 0.3 is 0 Å². The summed E-state index contributed by atoms with van der Waals surface area (Å²) in [6.45, 7) is 10.3. The van der Waals surface area contributed by atoms with E-state index in [0.29, 0.717) is 6.10 Å². The van der Waals surface area contributed by atoms with Gasteiger partial charge in [0.1, 0.15) is 0 Å². The Morgan fingerprint density at radius 2 is 1.72 bits per heavy atom. The van der Waals surface area contributed by atoms with E-state index in [2.05, 4.69) is 24.5 Å². The molecule has 0 aromatic rings. The summed E-state index contributed by atoms with van der Waals surface area (Å²) in [6, 6.07) is 0. The minimum absolute atomic E-state index is 0.325. The smallest absolute Gasteiger partial charge is 0.166 e. The van der Waals surface area contributed by atoms with Gasteiger partial charge in [0, 0.05) is 32.9 Å². The highest BCUT2D eigenvalue weighted by Crippen LogP contribution is 1.93. The van der Waals surface area contributed by atoms with Crippen LogP contribution in [0.1, 0.15) is 40.0 Å². The molecule has 0 saturated carbocycles. The fraction of sp³-hybridized carbons (Fsp3) is 0.923. The Hall–Kier alpha value is -0.390. The Balaban J connectivity index is 3.17. The molecular weight excluding hydrogens is 248 g/mol. The summed E-state index contributed by atoms with van der Waals surface area (Å²) in [4.78, 5) is 0. The minimum Gasteiger partial charge on any atom is -0.382 e. The first kappa shape index (κ1) is 17.6. The second-order valence-corrected chi connectivity index (χ2v) is 4.77. The number of ether oxygens (including phenoxy) is 2. The standard InChI is InChI=1S/C13H28N2O2S/c1-4-16-10-7-9-15-13(18)14-8-5-6-11-17-12(2)3/h12H,4-11H2,1-3H3,(H2,14,15,18). The molecule has 0 heterocycles. The molecule has 2 N–H and O–H groups in total. The van der Waals surface area contributed by atoms with E-state index in [4.69, 9.17) is 21.7 Å². The van der Waals surface area contributed by atoms with Gasteiger partial charge in [0.2, 0.25) is 0 Å². The van der Waals surface area contributed by atoms with Crippen LogP contribution < -0.4 is 10.6 Å². The molecule has 0 fully saturated rings. The summed E-state index contributed by atoms with van der Waals surface area (Å²) in [6.07, 6.45) is 3.45. The van der Waals surface area contributed by atoms with E-state index < -0.39 is 0 Å². The quantitative estimate of drug-likeness (QED) is 0.447. The van der Waals surface area contributed by atoms with Crippen LogP contribution in [-0.2, 0) is 9.47 Å². The van der Waals surface area contributed by atoms with E-state index in [9.17, 15) is 0 Å². The molecule has 0 amide bonds. The van der Waals surface area contributed by atoms with Crippen molar-refractivity contribution in [1.29, 1.82) is 0 Å². The minimum atomic E-state index is 0.325. The third kappa shape index (κ3) is 13.7. The van der Waals surface area contributed by atoms with Crippen LogP contribution in [-0.4, -0.2) is 44.1 Å². The van der Waals surface area contributed by atoms with Crippen LogP contribution in [0.4, 0.5) is 0 Å². The van der Waals surface area contributed by atoms with Gasteiger partial charge in [0.05, 0.1) is 6.10 Å². The van der Waals surface area contributed by atoms with Crippen molar-refractivity contribution in [2.24, 2.45) is 0 Å². The van der Waals surface area contributed by atoms with Crippen molar-refractivity contribution >= 4 is 17.3 Å². The molecule has 5 heteroatoms. The van der Waals surface area contributed by atoms with E-state index in [1.165, 1.54) is 0 Å². The number of rotatable bonds is 11. The third-order valence-electron chi connectivity index (χ3n) is 2.26. The summed E-state index contributed by atoms with van der Waals surface area (Å²) >= 11 is 5.16. The van der Waals surface area contributed by atoms with Gasteiger partial charge < -0.3 is 20.1 Å². The average molecular weight is 276 g/mol. The molecule has 0 aliphatic rings. The van der Waals surface area contributed by atoms with Gasteiger partial charge in [-0.3, -0.25) is 0 Å². The number of nitrogens with one attached hydrogen (secondary N) is 2. The van der Waals surface area contributed by atoms with Crippen molar-refractivity contribution in [3.05, 3.63) is 0 Å². The number of hydrogen-bond donors (Lipinski definition) is 2. The van der Waals surface area contributed by atoms with Crippen LogP contribution in [0, 0.1) is 0 Å². The average Bonchev–Trinajstić information content (AvgIpc) is 2.33. The molecule has 0 radical (unpaired) electrons. The number of thiocarbonyl (C=S) groups is 1. The lowest BCUT2D eigenvalue weighted by Crippen LogP contribution is -2.36. The summed E-state index contributed by atoms with van der Waals surface area (Å²) < 4.78 is 10.7. The summed E-state index contributed by atoms with van der Waals surface area (Å²) in [5.41, 5.74) is 0. The lowest BCUT2D eigenvalue weighted by atomic mass is 10.3. The number of hydrogen-bond acceptors (Lipinski definition) is 3. The first-order valence-electron chi connectivity index (χ1n) is 6.87. The van der Waals surface area contributed by atoms with E-state index in [1.54, 1.807) is 0 Å². The molecule has 0 atom stereocenters. The molecule has 0 aliphatic carbocycles. The molecule has 4 nitrogen and oxygen atoms in total. The molecule has 18 heavy (non-hydrogen) atoms. The van der Waals surface area contributed by atoms with E-state index in [0.717, 1.165) is 57.3 Å². The first-order chi connectivity index (χ1) is 8.66. The van der Waals surface area contributed by atoms with Gasteiger partial charge in [-0.05, 0) is 52.3 Å². The fourth-order valence-corrected chi connectivity index (χ4v) is 1.54. The highest BCUT2D eigenvalue weighted by molar-refractivity contribution is 7.80. The molecule has 0 unspecified atom stereocenters. The second kappa shape index (κ2) is 13.1. The predicted molar refractivity (Wildman–Crippen MR) is 80.0 cm³/mol. The van der Waals surface area contributed by atoms with Crippen LogP contribution in [0.15, 0.2) is 0 Å². The molecule has 0 saturated heterocycles. The Bertz CT molecular complexity index is 201. The van der Waals surface area contributed by atoms with Gasteiger partial charge in [0.25, 0.3) is 0 Å². The van der Waals surface area contributed by atoms with Crippen LogP contribution >= 0.6 is 12.2 Å². The van der Waals surface area contributed by atoms with Crippen molar-refractivity contribution in [3.63, 3.8) is 0 Å². The van der Waals surface area contributed by atoms with E-state index >= 15 is 0 Å². The number of unbranched alkanes of at least 4 members (excludes halogenated alkanes) is 1. The van der Waals surface area contributed by atoms with E-state index in [-0.39, 0.29) is 0 Å². The zero-order valence-corrected chi connectivity index (χ0v) is 12.8. The van der Waals surface area contributed by atoms with Crippen molar-refractivity contribution < 1.29 is 9.47 Å². The van der Waals surface area contributed by atoms with Crippen molar-refractivity contribution in [2.45, 2.75) is 46.1 Å². The first-order valence-corrected chi connectivity index (χ1v) is 7.28. The Kier molecular flexibility index (Phi) is 12.8. The monoisotopic (exact) mass is 276 g/mol. The van der Waals surface area contributed by atoms with Gasteiger partial charge in [0.15, 0.2) is 5.11 Å². The summed E-state index contributed by atoms with van der Waals surface area (Å²) in [5, 5.41) is 7.08. The second-order valence-electron chi connectivity index (χ2n) is 4.36. The largest absolute Gasteiger partial charge is 0.382 e. The van der Waals surface area contributed by atoms with Crippen LogP contribution in [0.2, 0.25) is 0 Å². The molecule has 0 bridgehead atoms. The van der Waals surface area contributed by atoms with Crippen LogP contribution in [0.3, 0.4) is 0 Å². The molecule has 108 valence electrons. The van der Waals surface area contributed by atoms with Gasteiger partial charge in [-0.15, -0.1) is 0 Å².